The Bertz CT molecular complexity index is 841. The molecule has 0 bridgehead atoms. The van der Waals surface area contributed by atoms with Gasteiger partial charge in [-0.2, -0.15) is 0 Å². The molecule has 0 aliphatic rings. The first-order valence-corrected chi connectivity index (χ1v) is 8.02. The Kier molecular flexibility index (Phi) is 4.79. The number of amides is 1. The van der Waals surface area contributed by atoms with Crippen LogP contribution < -0.4 is 10.1 Å². The van der Waals surface area contributed by atoms with Crippen LogP contribution in [0.5, 0.6) is 5.75 Å². The molecule has 0 aliphatic heterocycles. The number of aromatic nitrogens is 1. The standard InChI is InChI=1S/C19H20N2O3/c1-3-23-15-8-6-7-14(11-15)13(2)20-19(22)12-17-16-9-4-5-10-18(16)24-21-17/h4-11,13H,3,12H2,1-2H3,(H,20,22)/t13-/m0/s1. The number of nitrogens with zero attached hydrogens (tertiary/aromatic N) is 1. The van der Waals surface area contributed by atoms with Crippen molar-refractivity contribution in [3.8, 4) is 5.75 Å². The maximum Gasteiger partial charge on any atom is 0.226 e. The molecule has 3 aromatic rings. The summed E-state index contributed by atoms with van der Waals surface area (Å²) >= 11 is 0. The molecule has 124 valence electrons. The van der Waals surface area contributed by atoms with Crippen LogP contribution in [0.2, 0.25) is 0 Å². The third kappa shape index (κ3) is 3.56. The second kappa shape index (κ2) is 7.17. The molecule has 0 fully saturated rings. The monoisotopic (exact) mass is 324 g/mol. The minimum absolute atomic E-state index is 0.0941. The Labute approximate surface area is 140 Å². The molecule has 1 N–H and O–H groups in total. The number of fused-ring (bicyclic) bond motifs is 1. The molecule has 1 amide bonds. The molecule has 0 saturated heterocycles. The van der Waals surface area contributed by atoms with Crippen LogP contribution in [0.25, 0.3) is 11.0 Å². The van der Waals surface area contributed by atoms with E-state index in [-0.39, 0.29) is 18.4 Å². The lowest BCUT2D eigenvalue weighted by Gasteiger charge is -2.15. The molecule has 5 nitrogen and oxygen atoms in total. The normalized spacial score (nSPS) is 12.1. The van der Waals surface area contributed by atoms with Crippen LogP contribution in [0.15, 0.2) is 53.1 Å². The number of hydrogen-bond donors (Lipinski definition) is 1. The Morgan fingerprint density at radius 3 is 2.92 bits per heavy atom. The summed E-state index contributed by atoms with van der Waals surface area (Å²) < 4.78 is 10.7. The topological polar surface area (TPSA) is 64.4 Å². The van der Waals surface area contributed by atoms with Gasteiger partial charge in [0.25, 0.3) is 0 Å². The van der Waals surface area contributed by atoms with Gasteiger partial charge in [-0.15, -0.1) is 0 Å². The van der Waals surface area contributed by atoms with Crippen LogP contribution in [0.3, 0.4) is 0 Å². The van der Waals surface area contributed by atoms with Crippen molar-refractivity contribution in [2.75, 3.05) is 6.61 Å². The third-order valence-corrected chi connectivity index (χ3v) is 3.83. The molecular formula is C19H20N2O3. The van der Waals surface area contributed by atoms with Crippen LogP contribution in [-0.4, -0.2) is 17.7 Å². The first kappa shape index (κ1) is 16.1. The lowest BCUT2D eigenvalue weighted by molar-refractivity contribution is -0.121. The van der Waals surface area contributed by atoms with E-state index < -0.39 is 0 Å². The highest BCUT2D eigenvalue weighted by Crippen LogP contribution is 2.21. The van der Waals surface area contributed by atoms with E-state index in [1.807, 2.05) is 62.4 Å². The fourth-order valence-corrected chi connectivity index (χ4v) is 2.63. The average molecular weight is 324 g/mol. The molecule has 2 aromatic carbocycles. The number of rotatable bonds is 6. The van der Waals surface area contributed by atoms with E-state index in [2.05, 4.69) is 10.5 Å². The van der Waals surface area contributed by atoms with E-state index in [0.29, 0.717) is 17.9 Å². The maximum absolute atomic E-state index is 12.3. The van der Waals surface area contributed by atoms with Gasteiger partial charge in [-0.05, 0) is 43.7 Å². The van der Waals surface area contributed by atoms with Crippen molar-refractivity contribution in [1.29, 1.82) is 0 Å². The molecule has 0 spiro atoms. The summed E-state index contributed by atoms with van der Waals surface area (Å²) in [6, 6.07) is 15.2. The quantitative estimate of drug-likeness (QED) is 0.752. The summed E-state index contributed by atoms with van der Waals surface area (Å²) in [6.45, 7) is 4.51. The van der Waals surface area contributed by atoms with Crippen LogP contribution in [0.1, 0.15) is 31.1 Å². The molecule has 5 heteroatoms. The fraction of sp³-hybridized carbons (Fsp3) is 0.263. The summed E-state index contributed by atoms with van der Waals surface area (Å²) in [6.07, 6.45) is 0.187. The predicted octanol–water partition coefficient (Wildman–Crippen LogP) is 3.65. The van der Waals surface area contributed by atoms with Crippen molar-refractivity contribution >= 4 is 16.9 Å². The van der Waals surface area contributed by atoms with Crippen molar-refractivity contribution in [2.24, 2.45) is 0 Å². The van der Waals surface area contributed by atoms with Gasteiger partial charge in [-0.3, -0.25) is 4.79 Å². The van der Waals surface area contributed by atoms with Gasteiger partial charge in [-0.25, -0.2) is 0 Å². The molecule has 1 aromatic heterocycles. The van der Waals surface area contributed by atoms with Crippen molar-refractivity contribution in [3.63, 3.8) is 0 Å². The van der Waals surface area contributed by atoms with Gasteiger partial charge in [0.2, 0.25) is 5.91 Å². The number of para-hydroxylation sites is 1. The van der Waals surface area contributed by atoms with Crippen molar-refractivity contribution in [2.45, 2.75) is 26.3 Å². The van der Waals surface area contributed by atoms with Gasteiger partial charge in [-0.1, -0.05) is 29.4 Å². The van der Waals surface area contributed by atoms with Gasteiger partial charge in [0.1, 0.15) is 11.4 Å². The number of ether oxygens (including phenoxy) is 1. The molecule has 1 heterocycles. The Hall–Kier alpha value is -2.82. The zero-order chi connectivity index (χ0) is 16.9. The van der Waals surface area contributed by atoms with E-state index in [4.69, 9.17) is 9.26 Å². The van der Waals surface area contributed by atoms with E-state index in [9.17, 15) is 4.79 Å². The largest absolute Gasteiger partial charge is 0.494 e. The molecule has 3 rings (SSSR count). The summed E-state index contributed by atoms with van der Waals surface area (Å²) in [4.78, 5) is 12.3. The van der Waals surface area contributed by atoms with E-state index >= 15 is 0 Å². The zero-order valence-electron chi connectivity index (χ0n) is 13.8. The van der Waals surface area contributed by atoms with Gasteiger partial charge in [0.05, 0.1) is 19.1 Å². The number of carbonyl (C=O) groups is 1. The molecule has 1 atom stereocenters. The van der Waals surface area contributed by atoms with Crippen LogP contribution in [0, 0.1) is 0 Å². The first-order valence-electron chi connectivity index (χ1n) is 8.02. The van der Waals surface area contributed by atoms with Crippen LogP contribution in [-0.2, 0) is 11.2 Å². The minimum atomic E-state index is -0.115. The smallest absolute Gasteiger partial charge is 0.226 e. The van der Waals surface area contributed by atoms with Gasteiger partial charge in [0, 0.05) is 5.39 Å². The van der Waals surface area contributed by atoms with Crippen molar-refractivity contribution in [3.05, 3.63) is 59.8 Å². The lowest BCUT2D eigenvalue weighted by Crippen LogP contribution is -2.28. The van der Waals surface area contributed by atoms with Crippen LogP contribution >= 0.6 is 0 Å². The second-order valence-electron chi connectivity index (χ2n) is 5.60. The van der Waals surface area contributed by atoms with E-state index in [0.717, 1.165) is 16.7 Å². The van der Waals surface area contributed by atoms with Gasteiger partial charge in [0.15, 0.2) is 5.58 Å². The Morgan fingerprint density at radius 2 is 2.08 bits per heavy atom. The molecule has 24 heavy (non-hydrogen) atoms. The second-order valence-corrected chi connectivity index (χ2v) is 5.60. The van der Waals surface area contributed by atoms with Crippen LogP contribution in [0.4, 0.5) is 0 Å². The summed E-state index contributed by atoms with van der Waals surface area (Å²) in [5, 5.41) is 7.86. The van der Waals surface area contributed by atoms with E-state index in [1.54, 1.807) is 0 Å². The van der Waals surface area contributed by atoms with Crippen molar-refractivity contribution < 1.29 is 14.1 Å². The number of benzene rings is 2. The summed E-state index contributed by atoms with van der Waals surface area (Å²) in [5.41, 5.74) is 2.34. The predicted molar refractivity (Wildman–Crippen MR) is 91.9 cm³/mol. The fourth-order valence-electron chi connectivity index (χ4n) is 2.63. The molecule has 0 radical (unpaired) electrons. The third-order valence-electron chi connectivity index (χ3n) is 3.83. The van der Waals surface area contributed by atoms with Gasteiger partial charge >= 0.3 is 0 Å². The van der Waals surface area contributed by atoms with Crippen molar-refractivity contribution in [1.82, 2.24) is 10.5 Å². The number of nitrogens with one attached hydrogen (secondary N) is 1. The highest BCUT2D eigenvalue weighted by atomic mass is 16.5. The summed E-state index contributed by atoms with van der Waals surface area (Å²) in [7, 11) is 0. The van der Waals surface area contributed by atoms with E-state index in [1.165, 1.54) is 0 Å². The Balaban J connectivity index is 1.67. The maximum atomic E-state index is 12.3. The Morgan fingerprint density at radius 1 is 1.25 bits per heavy atom. The molecule has 0 aliphatic carbocycles. The first-order chi connectivity index (χ1) is 11.7. The molecule has 0 unspecified atom stereocenters. The SMILES string of the molecule is CCOc1cccc([C@H](C)NC(=O)Cc2noc3ccccc23)c1. The highest BCUT2D eigenvalue weighted by Gasteiger charge is 2.15. The highest BCUT2D eigenvalue weighted by molar-refractivity contribution is 5.86. The number of carbonyl (C=O) groups excluding carboxylic acids is 1. The lowest BCUT2D eigenvalue weighted by atomic mass is 10.1. The number of hydrogen-bond acceptors (Lipinski definition) is 4. The average Bonchev–Trinajstić information content (AvgIpc) is 2.98. The zero-order valence-corrected chi connectivity index (χ0v) is 13.8. The summed E-state index contributed by atoms with van der Waals surface area (Å²) in [5.74, 6) is 0.710. The molecular weight excluding hydrogens is 304 g/mol. The van der Waals surface area contributed by atoms with Gasteiger partial charge < -0.3 is 14.6 Å². The minimum Gasteiger partial charge on any atom is -0.494 e. The molecule has 0 saturated carbocycles.